The fraction of sp³-hybridized carbons (Fsp3) is 0.520. The van der Waals surface area contributed by atoms with E-state index in [9.17, 15) is 28.8 Å². The molecule has 1 aromatic rings. The van der Waals surface area contributed by atoms with Crippen molar-refractivity contribution in [1.82, 2.24) is 20.9 Å². The number of amides is 6. The third-order valence-electron chi connectivity index (χ3n) is 5.90. The highest BCUT2D eigenvalue weighted by atomic mass is 16.5. The number of hydrogen-bond donors (Lipinski definition) is 3. The summed E-state index contributed by atoms with van der Waals surface area (Å²) in [6, 6.07) is 3.39. The summed E-state index contributed by atoms with van der Waals surface area (Å²) in [4.78, 5) is 74.2. The first-order chi connectivity index (χ1) is 17.2. The molecule has 3 N–H and O–H groups in total. The number of rotatable bonds is 12. The number of unbranched alkanes of at least 4 members (excludes halogenated alkanes) is 2. The molecule has 2 aliphatic rings. The molecule has 0 bridgehead atoms. The Balaban J connectivity index is 1.45. The second kappa shape index (κ2) is 12.3. The molecule has 1 unspecified atom stereocenters. The number of nitrogens with one attached hydrogen (secondary N) is 3. The van der Waals surface area contributed by atoms with Gasteiger partial charge in [-0.05, 0) is 37.3 Å². The highest BCUT2D eigenvalue weighted by Crippen LogP contribution is 2.33. The van der Waals surface area contributed by atoms with Crippen LogP contribution in [-0.4, -0.2) is 66.1 Å². The van der Waals surface area contributed by atoms with Gasteiger partial charge in [-0.25, -0.2) is 0 Å². The van der Waals surface area contributed by atoms with Crippen LogP contribution in [0.15, 0.2) is 18.2 Å². The molecule has 11 nitrogen and oxygen atoms in total. The van der Waals surface area contributed by atoms with Crippen LogP contribution in [0.25, 0.3) is 0 Å². The first kappa shape index (κ1) is 26.8. The van der Waals surface area contributed by atoms with Gasteiger partial charge in [0.2, 0.25) is 17.7 Å². The molecule has 0 spiro atoms. The Labute approximate surface area is 209 Å². The minimum Gasteiger partial charge on any atom is -0.483 e. The Morgan fingerprint density at radius 3 is 2.56 bits per heavy atom. The zero-order chi connectivity index (χ0) is 26.2. The van der Waals surface area contributed by atoms with Crippen LogP contribution in [0.5, 0.6) is 5.75 Å². The maximum Gasteiger partial charge on any atom is 0.266 e. The fourth-order valence-electron chi connectivity index (χ4n) is 4.02. The number of nitrogens with zero attached hydrogens (tertiary/aromatic N) is 1. The zero-order valence-electron chi connectivity index (χ0n) is 20.6. The summed E-state index contributed by atoms with van der Waals surface area (Å²) in [5.41, 5.74) is 0.0794. The maximum atomic E-state index is 13.0. The number of hydrogen-bond acceptors (Lipinski definition) is 7. The number of carbonyl (C=O) groups is 6. The van der Waals surface area contributed by atoms with E-state index in [1.165, 1.54) is 18.2 Å². The van der Waals surface area contributed by atoms with Crippen LogP contribution in [-0.2, 0) is 19.2 Å². The van der Waals surface area contributed by atoms with Gasteiger partial charge in [0.1, 0.15) is 11.8 Å². The molecular weight excluding hydrogens is 468 g/mol. The van der Waals surface area contributed by atoms with Crippen molar-refractivity contribution in [2.24, 2.45) is 5.92 Å². The number of piperidine rings is 1. The standard InChI is InChI=1S/C25H32N4O7/c1-15(2)13-27-19(30)9-4-3-5-12-26-21(32)14-36-18-8-6-7-16-22(18)25(35)29(24(16)34)17-10-11-20(31)28-23(17)33/h6-8,15,17H,3-5,9-14H2,1-2H3,(H,26,32)(H,27,30)(H,28,31,33). The topological polar surface area (TPSA) is 151 Å². The number of imide groups is 2. The van der Waals surface area contributed by atoms with Crippen molar-refractivity contribution in [2.75, 3.05) is 19.7 Å². The van der Waals surface area contributed by atoms with E-state index >= 15 is 0 Å². The molecule has 1 atom stereocenters. The average molecular weight is 501 g/mol. The Morgan fingerprint density at radius 1 is 1.06 bits per heavy atom. The third kappa shape index (κ3) is 6.67. The van der Waals surface area contributed by atoms with Gasteiger partial charge in [-0.2, -0.15) is 0 Å². The van der Waals surface area contributed by atoms with Crippen molar-refractivity contribution in [3.8, 4) is 5.75 Å². The Hall–Kier alpha value is -3.76. The van der Waals surface area contributed by atoms with Crippen LogP contribution in [0, 0.1) is 5.92 Å². The Kier molecular flexibility index (Phi) is 9.15. The van der Waals surface area contributed by atoms with Gasteiger partial charge in [0.25, 0.3) is 17.7 Å². The van der Waals surface area contributed by atoms with Crippen molar-refractivity contribution < 1.29 is 33.5 Å². The van der Waals surface area contributed by atoms with Gasteiger partial charge >= 0.3 is 0 Å². The van der Waals surface area contributed by atoms with Crippen LogP contribution in [0.3, 0.4) is 0 Å². The lowest BCUT2D eigenvalue weighted by atomic mass is 10.0. The van der Waals surface area contributed by atoms with Crippen LogP contribution in [0.1, 0.15) is 73.1 Å². The minimum absolute atomic E-state index is 0.00394. The number of benzene rings is 1. The van der Waals surface area contributed by atoms with E-state index in [2.05, 4.69) is 16.0 Å². The average Bonchev–Trinajstić information content (AvgIpc) is 3.09. The number of ether oxygens (including phenoxy) is 1. The lowest BCUT2D eigenvalue weighted by Gasteiger charge is -2.27. The normalized spacial score (nSPS) is 17.2. The highest BCUT2D eigenvalue weighted by molar-refractivity contribution is 6.24. The first-order valence-electron chi connectivity index (χ1n) is 12.2. The third-order valence-corrected chi connectivity index (χ3v) is 5.90. The molecule has 2 aliphatic heterocycles. The number of carbonyl (C=O) groups excluding carboxylic acids is 6. The molecule has 194 valence electrons. The van der Waals surface area contributed by atoms with E-state index in [4.69, 9.17) is 4.74 Å². The predicted molar refractivity (Wildman–Crippen MR) is 128 cm³/mol. The molecule has 11 heteroatoms. The highest BCUT2D eigenvalue weighted by Gasteiger charge is 2.46. The van der Waals surface area contributed by atoms with Gasteiger partial charge in [-0.3, -0.25) is 39.0 Å². The zero-order valence-corrected chi connectivity index (χ0v) is 20.6. The monoisotopic (exact) mass is 500 g/mol. The summed E-state index contributed by atoms with van der Waals surface area (Å²) in [6.45, 7) is 4.79. The second-order valence-corrected chi connectivity index (χ2v) is 9.27. The van der Waals surface area contributed by atoms with Gasteiger partial charge < -0.3 is 15.4 Å². The van der Waals surface area contributed by atoms with Gasteiger partial charge in [0.15, 0.2) is 6.61 Å². The van der Waals surface area contributed by atoms with Crippen molar-refractivity contribution in [1.29, 1.82) is 0 Å². The molecule has 6 amide bonds. The van der Waals surface area contributed by atoms with Gasteiger partial charge in [0, 0.05) is 25.9 Å². The van der Waals surface area contributed by atoms with Crippen molar-refractivity contribution in [3.05, 3.63) is 29.3 Å². The Morgan fingerprint density at radius 2 is 1.83 bits per heavy atom. The van der Waals surface area contributed by atoms with Crippen molar-refractivity contribution in [2.45, 2.75) is 58.4 Å². The predicted octanol–water partition coefficient (Wildman–Crippen LogP) is 0.915. The molecule has 1 aromatic carbocycles. The van der Waals surface area contributed by atoms with E-state index in [-0.39, 0.29) is 48.1 Å². The van der Waals surface area contributed by atoms with Crippen molar-refractivity contribution >= 4 is 35.4 Å². The molecule has 0 radical (unpaired) electrons. The quantitative estimate of drug-likeness (QED) is 0.285. The smallest absolute Gasteiger partial charge is 0.266 e. The molecule has 1 fully saturated rings. The molecular formula is C25H32N4O7. The summed E-state index contributed by atoms with van der Waals surface area (Å²) < 4.78 is 5.55. The SMILES string of the molecule is CC(C)CNC(=O)CCCCCNC(=O)COc1cccc2c1C(=O)N(C1CCC(=O)NC1=O)C2=O. The largest absolute Gasteiger partial charge is 0.483 e. The second-order valence-electron chi connectivity index (χ2n) is 9.27. The van der Waals surface area contributed by atoms with Crippen LogP contribution in [0.4, 0.5) is 0 Å². The molecule has 0 saturated carbocycles. The summed E-state index contributed by atoms with van der Waals surface area (Å²) >= 11 is 0. The molecule has 3 rings (SSSR count). The van der Waals surface area contributed by atoms with E-state index in [0.29, 0.717) is 31.8 Å². The minimum atomic E-state index is -1.08. The van der Waals surface area contributed by atoms with E-state index in [1.807, 2.05) is 13.8 Å². The van der Waals surface area contributed by atoms with Crippen LogP contribution >= 0.6 is 0 Å². The molecule has 1 saturated heterocycles. The molecule has 0 aliphatic carbocycles. The Bertz CT molecular complexity index is 1050. The van der Waals surface area contributed by atoms with Gasteiger partial charge in [-0.1, -0.05) is 26.3 Å². The fourth-order valence-corrected chi connectivity index (χ4v) is 4.02. The van der Waals surface area contributed by atoms with E-state index in [1.54, 1.807) is 0 Å². The maximum absolute atomic E-state index is 13.0. The number of fused-ring (bicyclic) bond motifs is 1. The summed E-state index contributed by atoms with van der Waals surface area (Å²) in [6.07, 6.45) is 2.75. The summed E-state index contributed by atoms with van der Waals surface area (Å²) in [7, 11) is 0. The van der Waals surface area contributed by atoms with E-state index < -0.39 is 29.7 Å². The van der Waals surface area contributed by atoms with Crippen LogP contribution in [0.2, 0.25) is 0 Å². The van der Waals surface area contributed by atoms with Crippen molar-refractivity contribution in [3.63, 3.8) is 0 Å². The lowest BCUT2D eigenvalue weighted by Crippen LogP contribution is -2.54. The van der Waals surface area contributed by atoms with E-state index in [0.717, 1.165) is 17.7 Å². The van der Waals surface area contributed by atoms with Gasteiger partial charge in [0.05, 0.1) is 11.1 Å². The molecule has 36 heavy (non-hydrogen) atoms. The van der Waals surface area contributed by atoms with Gasteiger partial charge in [-0.15, -0.1) is 0 Å². The molecule has 0 aromatic heterocycles. The van der Waals surface area contributed by atoms with Crippen LogP contribution < -0.4 is 20.7 Å². The first-order valence-corrected chi connectivity index (χ1v) is 12.2. The summed E-state index contributed by atoms with van der Waals surface area (Å²) in [5, 5.41) is 7.74. The summed E-state index contributed by atoms with van der Waals surface area (Å²) in [5.74, 6) is -2.36. The lowest BCUT2D eigenvalue weighted by molar-refractivity contribution is -0.136. The molecule has 2 heterocycles.